The molecule has 2 nitrogen and oxygen atoms in total. The third-order valence-corrected chi connectivity index (χ3v) is 3.61. The third-order valence-electron chi connectivity index (χ3n) is 2.57. The Morgan fingerprint density at radius 1 is 1.29 bits per heavy atom. The molecule has 14 heavy (non-hydrogen) atoms. The highest BCUT2D eigenvalue weighted by atomic mass is 32.2. The summed E-state index contributed by atoms with van der Waals surface area (Å²) >= 11 is 2.07. The van der Waals surface area contributed by atoms with Gasteiger partial charge in [-0.3, -0.25) is 4.98 Å². The first-order valence-corrected chi connectivity index (χ1v) is 6.30. The first kappa shape index (κ1) is 9.99. The largest absolute Gasteiger partial charge is 0.310 e. The van der Waals surface area contributed by atoms with Gasteiger partial charge in [-0.05, 0) is 42.0 Å². The highest BCUT2D eigenvalue weighted by molar-refractivity contribution is 7.99. The van der Waals surface area contributed by atoms with E-state index in [1.54, 1.807) is 0 Å². The Morgan fingerprint density at radius 2 is 2.00 bits per heavy atom. The summed E-state index contributed by atoms with van der Waals surface area (Å²) in [7, 11) is 0. The summed E-state index contributed by atoms with van der Waals surface area (Å²) in [6, 6.07) is 4.87. The molecule has 0 spiro atoms. The van der Waals surface area contributed by atoms with Gasteiger partial charge in [0.15, 0.2) is 0 Å². The van der Waals surface area contributed by atoms with Gasteiger partial charge in [-0.2, -0.15) is 11.8 Å². The molecule has 1 aromatic heterocycles. The Morgan fingerprint density at radius 3 is 2.71 bits per heavy atom. The maximum absolute atomic E-state index is 4.01. The zero-order chi connectivity index (χ0) is 9.64. The second-order valence-electron chi connectivity index (χ2n) is 3.62. The van der Waals surface area contributed by atoms with E-state index in [0.717, 1.165) is 12.6 Å². The van der Waals surface area contributed by atoms with Crippen LogP contribution < -0.4 is 5.32 Å². The van der Waals surface area contributed by atoms with Gasteiger partial charge in [-0.15, -0.1) is 0 Å². The van der Waals surface area contributed by atoms with Crippen LogP contribution in [0.3, 0.4) is 0 Å². The van der Waals surface area contributed by atoms with E-state index in [4.69, 9.17) is 0 Å². The van der Waals surface area contributed by atoms with Crippen LogP contribution in [0.15, 0.2) is 24.5 Å². The van der Waals surface area contributed by atoms with Crippen molar-refractivity contribution >= 4 is 11.8 Å². The number of hydrogen-bond donors (Lipinski definition) is 1. The number of hydrogen-bond acceptors (Lipinski definition) is 3. The minimum atomic E-state index is 0.726. The van der Waals surface area contributed by atoms with Crippen molar-refractivity contribution in [3.63, 3.8) is 0 Å². The molecule has 1 saturated heterocycles. The van der Waals surface area contributed by atoms with Gasteiger partial charge in [0.25, 0.3) is 0 Å². The van der Waals surface area contributed by atoms with E-state index in [-0.39, 0.29) is 0 Å². The molecule has 76 valence electrons. The summed E-state index contributed by atoms with van der Waals surface area (Å²) in [5.41, 5.74) is 1.33. The molecule has 1 fully saturated rings. The number of thioether (sulfide) groups is 1. The van der Waals surface area contributed by atoms with E-state index in [1.165, 1.54) is 29.9 Å². The first-order valence-electron chi connectivity index (χ1n) is 5.15. The fourth-order valence-corrected chi connectivity index (χ4v) is 2.77. The molecule has 2 heterocycles. The van der Waals surface area contributed by atoms with Crippen LogP contribution in [0.2, 0.25) is 0 Å². The van der Waals surface area contributed by atoms with Crippen molar-refractivity contribution in [1.82, 2.24) is 10.3 Å². The van der Waals surface area contributed by atoms with Crippen LogP contribution in [0.5, 0.6) is 0 Å². The predicted molar refractivity (Wildman–Crippen MR) is 61.4 cm³/mol. The summed E-state index contributed by atoms with van der Waals surface area (Å²) < 4.78 is 0. The SMILES string of the molecule is c1cc(CNC2CCSCC2)ccn1. The molecule has 0 unspecified atom stereocenters. The standard InChI is InChI=1S/C11H16N2S/c1-5-12-6-2-10(1)9-13-11-3-7-14-8-4-11/h1-2,5-6,11,13H,3-4,7-9H2. The molecule has 1 aliphatic rings. The Balaban J connectivity index is 1.76. The summed E-state index contributed by atoms with van der Waals surface area (Å²) in [4.78, 5) is 4.01. The predicted octanol–water partition coefficient (Wildman–Crippen LogP) is 2.07. The average Bonchev–Trinajstić information content (AvgIpc) is 2.29. The molecule has 1 aliphatic heterocycles. The highest BCUT2D eigenvalue weighted by Gasteiger charge is 2.12. The van der Waals surface area contributed by atoms with E-state index in [9.17, 15) is 0 Å². The second-order valence-corrected chi connectivity index (χ2v) is 4.85. The molecular weight excluding hydrogens is 192 g/mol. The van der Waals surface area contributed by atoms with Crippen LogP contribution in [0.25, 0.3) is 0 Å². The first-order chi connectivity index (χ1) is 6.95. The number of nitrogens with one attached hydrogen (secondary N) is 1. The van der Waals surface area contributed by atoms with E-state index in [1.807, 2.05) is 12.4 Å². The quantitative estimate of drug-likeness (QED) is 0.823. The zero-order valence-corrected chi connectivity index (χ0v) is 9.09. The molecule has 0 aliphatic carbocycles. The maximum Gasteiger partial charge on any atom is 0.0271 e. The van der Waals surface area contributed by atoms with Crippen molar-refractivity contribution in [3.8, 4) is 0 Å². The molecule has 3 heteroatoms. The van der Waals surface area contributed by atoms with Crippen LogP contribution >= 0.6 is 11.8 Å². The lowest BCUT2D eigenvalue weighted by Gasteiger charge is -2.22. The Kier molecular flexibility index (Phi) is 3.83. The normalized spacial score (nSPS) is 18.3. The number of nitrogens with zero attached hydrogens (tertiary/aromatic N) is 1. The highest BCUT2D eigenvalue weighted by Crippen LogP contribution is 2.17. The van der Waals surface area contributed by atoms with Crippen molar-refractivity contribution < 1.29 is 0 Å². The molecular formula is C11H16N2S. The molecule has 0 saturated carbocycles. The van der Waals surface area contributed by atoms with E-state index >= 15 is 0 Å². The summed E-state index contributed by atoms with van der Waals surface area (Å²) in [5, 5.41) is 3.60. The zero-order valence-electron chi connectivity index (χ0n) is 8.28. The molecule has 0 radical (unpaired) electrons. The monoisotopic (exact) mass is 208 g/mol. The van der Waals surface area contributed by atoms with Gasteiger partial charge in [0, 0.05) is 25.0 Å². The topological polar surface area (TPSA) is 24.9 Å². The molecule has 0 amide bonds. The third kappa shape index (κ3) is 3.00. The van der Waals surface area contributed by atoms with Crippen molar-refractivity contribution in [2.75, 3.05) is 11.5 Å². The lowest BCUT2D eigenvalue weighted by molar-refractivity contribution is 0.482. The van der Waals surface area contributed by atoms with Gasteiger partial charge in [0.2, 0.25) is 0 Å². The smallest absolute Gasteiger partial charge is 0.0271 e. The summed E-state index contributed by atoms with van der Waals surface area (Å²) in [6.45, 7) is 0.984. The van der Waals surface area contributed by atoms with Crippen LogP contribution in [0, 0.1) is 0 Å². The summed E-state index contributed by atoms with van der Waals surface area (Å²) in [6.07, 6.45) is 6.34. The van der Waals surface area contributed by atoms with Gasteiger partial charge >= 0.3 is 0 Å². The van der Waals surface area contributed by atoms with Gasteiger partial charge < -0.3 is 5.32 Å². The fourth-order valence-electron chi connectivity index (χ4n) is 1.66. The van der Waals surface area contributed by atoms with Gasteiger partial charge in [0.05, 0.1) is 0 Å². The molecule has 1 aromatic rings. The van der Waals surface area contributed by atoms with Gasteiger partial charge in [0.1, 0.15) is 0 Å². The van der Waals surface area contributed by atoms with Gasteiger partial charge in [-0.1, -0.05) is 0 Å². The number of aromatic nitrogens is 1. The fraction of sp³-hybridized carbons (Fsp3) is 0.545. The maximum atomic E-state index is 4.01. The molecule has 2 rings (SSSR count). The summed E-state index contributed by atoms with van der Waals surface area (Å²) in [5.74, 6) is 2.63. The van der Waals surface area contributed by atoms with Crippen molar-refractivity contribution in [3.05, 3.63) is 30.1 Å². The lowest BCUT2D eigenvalue weighted by Crippen LogP contribution is -2.31. The van der Waals surface area contributed by atoms with E-state index in [0.29, 0.717) is 0 Å². The second kappa shape index (κ2) is 5.37. The Labute approximate surface area is 89.5 Å². The molecule has 0 atom stereocenters. The van der Waals surface area contributed by atoms with Crippen LogP contribution in [-0.4, -0.2) is 22.5 Å². The van der Waals surface area contributed by atoms with Crippen LogP contribution in [-0.2, 0) is 6.54 Å². The van der Waals surface area contributed by atoms with Crippen molar-refractivity contribution in [2.24, 2.45) is 0 Å². The van der Waals surface area contributed by atoms with E-state index in [2.05, 4.69) is 34.2 Å². The van der Waals surface area contributed by atoms with Crippen LogP contribution in [0.1, 0.15) is 18.4 Å². The van der Waals surface area contributed by atoms with E-state index < -0.39 is 0 Å². The molecule has 1 N–H and O–H groups in total. The van der Waals surface area contributed by atoms with Crippen LogP contribution in [0.4, 0.5) is 0 Å². The van der Waals surface area contributed by atoms with Crippen molar-refractivity contribution in [2.45, 2.75) is 25.4 Å². The lowest BCUT2D eigenvalue weighted by atomic mass is 10.1. The molecule has 0 aromatic carbocycles. The minimum Gasteiger partial charge on any atom is -0.310 e. The van der Waals surface area contributed by atoms with Crippen molar-refractivity contribution in [1.29, 1.82) is 0 Å². The number of pyridine rings is 1. The number of rotatable bonds is 3. The molecule has 0 bridgehead atoms. The Hall–Kier alpha value is -0.540. The Bertz CT molecular complexity index is 257. The average molecular weight is 208 g/mol. The minimum absolute atomic E-state index is 0.726. The van der Waals surface area contributed by atoms with Gasteiger partial charge in [-0.25, -0.2) is 0 Å².